The number of para-hydroxylation sites is 1. The molecule has 0 saturated carbocycles. The largest absolute Gasteiger partial charge is 0.360 e. The van der Waals surface area contributed by atoms with E-state index >= 15 is 0 Å². The van der Waals surface area contributed by atoms with Crippen molar-refractivity contribution in [1.29, 1.82) is 0 Å². The number of hydrogen-bond donors (Lipinski definition) is 2. The van der Waals surface area contributed by atoms with Crippen LogP contribution in [0.1, 0.15) is 27.3 Å². The minimum Gasteiger partial charge on any atom is -0.360 e. The zero-order valence-corrected chi connectivity index (χ0v) is 16.7. The smallest absolute Gasteiger partial charge is 0.229 e. The Balaban J connectivity index is 1.42. The minimum absolute atomic E-state index is 0.193. The number of anilines is 1. The summed E-state index contributed by atoms with van der Waals surface area (Å²) in [5.74, 6) is 0.839. The van der Waals surface area contributed by atoms with Gasteiger partial charge in [-0.05, 0) is 38.5 Å². The van der Waals surface area contributed by atoms with Gasteiger partial charge in [-0.1, -0.05) is 18.2 Å². The van der Waals surface area contributed by atoms with E-state index < -0.39 is 0 Å². The molecular weight excluding hydrogens is 352 g/mol. The third-order valence-electron chi connectivity index (χ3n) is 5.68. The van der Waals surface area contributed by atoms with Crippen LogP contribution in [0.4, 0.5) is 5.69 Å². The average Bonchev–Trinajstić information content (AvgIpc) is 3.30. The summed E-state index contributed by atoms with van der Waals surface area (Å²) in [4.78, 5) is 21.0. The van der Waals surface area contributed by atoms with Gasteiger partial charge in [0, 0.05) is 22.6 Å². The van der Waals surface area contributed by atoms with E-state index in [9.17, 15) is 4.79 Å². The van der Waals surface area contributed by atoms with Crippen LogP contribution < -0.4 is 9.80 Å². The van der Waals surface area contributed by atoms with Crippen molar-refractivity contribution >= 4 is 11.5 Å². The molecule has 2 aromatic heterocycles. The molecule has 1 aromatic carbocycles. The number of aromatic nitrogens is 4. The molecule has 7 heteroatoms. The SMILES string of the molecule is Cc1ccccc1N1CC[NH+](CC(=O)c2cc(C)n(-c3ncn[nH]3)c2C)CC1. The van der Waals surface area contributed by atoms with E-state index in [1.807, 2.05) is 24.5 Å². The highest BCUT2D eigenvalue weighted by atomic mass is 16.1. The molecule has 28 heavy (non-hydrogen) atoms. The van der Waals surface area contributed by atoms with Crippen molar-refractivity contribution in [2.24, 2.45) is 0 Å². The summed E-state index contributed by atoms with van der Waals surface area (Å²) in [5, 5.41) is 6.79. The van der Waals surface area contributed by atoms with E-state index in [2.05, 4.69) is 51.3 Å². The highest BCUT2D eigenvalue weighted by Crippen LogP contribution is 2.20. The normalized spacial score (nSPS) is 15.2. The highest BCUT2D eigenvalue weighted by molar-refractivity contribution is 5.98. The van der Waals surface area contributed by atoms with Crippen molar-refractivity contribution in [2.75, 3.05) is 37.6 Å². The fourth-order valence-corrected chi connectivity index (χ4v) is 4.16. The summed E-state index contributed by atoms with van der Waals surface area (Å²) in [6.45, 7) is 10.5. The number of H-pyrrole nitrogens is 1. The molecule has 146 valence electrons. The number of ketones is 1. The number of aromatic amines is 1. The van der Waals surface area contributed by atoms with Crippen LogP contribution in [0.25, 0.3) is 5.95 Å². The molecule has 2 N–H and O–H groups in total. The van der Waals surface area contributed by atoms with Gasteiger partial charge in [-0.2, -0.15) is 10.1 Å². The zero-order valence-electron chi connectivity index (χ0n) is 16.7. The lowest BCUT2D eigenvalue weighted by Gasteiger charge is -2.34. The second kappa shape index (κ2) is 7.59. The number of benzene rings is 1. The first-order valence-corrected chi connectivity index (χ1v) is 9.76. The number of piperazine rings is 1. The lowest BCUT2D eigenvalue weighted by molar-refractivity contribution is -0.892. The van der Waals surface area contributed by atoms with Gasteiger partial charge < -0.3 is 9.80 Å². The zero-order chi connectivity index (χ0) is 19.7. The Hall–Kier alpha value is -2.93. The second-order valence-electron chi connectivity index (χ2n) is 7.55. The third-order valence-corrected chi connectivity index (χ3v) is 5.68. The van der Waals surface area contributed by atoms with E-state index in [4.69, 9.17) is 0 Å². The van der Waals surface area contributed by atoms with Crippen LogP contribution >= 0.6 is 0 Å². The Morgan fingerprint density at radius 1 is 1.18 bits per heavy atom. The van der Waals surface area contributed by atoms with Crippen molar-refractivity contribution in [3.8, 4) is 5.95 Å². The number of rotatable bonds is 5. The van der Waals surface area contributed by atoms with Crippen LogP contribution in [0, 0.1) is 20.8 Å². The number of carbonyl (C=O) groups is 1. The van der Waals surface area contributed by atoms with Gasteiger partial charge in [0.15, 0.2) is 0 Å². The quantitative estimate of drug-likeness (QED) is 0.652. The molecule has 1 saturated heterocycles. The number of aryl methyl sites for hydroxylation is 2. The number of Topliss-reactive ketones (excluding diaryl/α,β-unsaturated/α-hetero) is 1. The second-order valence-corrected chi connectivity index (χ2v) is 7.55. The van der Waals surface area contributed by atoms with Crippen LogP contribution in [0.3, 0.4) is 0 Å². The van der Waals surface area contributed by atoms with Gasteiger partial charge in [-0.15, -0.1) is 0 Å². The first-order chi connectivity index (χ1) is 13.5. The maximum Gasteiger partial charge on any atom is 0.229 e. The molecule has 1 fully saturated rings. The van der Waals surface area contributed by atoms with Gasteiger partial charge in [0.05, 0.1) is 26.2 Å². The summed E-state index contributed by atoms with van der Waals surface area (Å²) < 4.78 is 1.95. The molecule has 4 rings (SSSR count). The number of quaternary nitrogens is 1. The first kappa shape index (κ1) is 18.4. The Morgan fingerprint density at radius 3 is 2.61 bits per heavy atom. The Morgan fingerprint density at radius 2 is 1.93 bits per heavy atom. The fraction of sp³-hybridized carbons (Fsp3) is 0.381. The molecule has 0 bridgehead atoms. The highest BCUT2D eigenvalue weighted by Gasteiger charge is 2.26. The van der Waals surface area contributed by atoms with E-state index in [1.165, 1.54) is 22.5 Å². The molecule has 1 aliphatic rings. The van der Waals surface area contributed by atoms with Gasteiger partial charge in [-0.3, -0.25) is 9.36 Å². The van der Waals surface area contributed by atoms with Crippen LogP contribution in [-0.2, 0) is 0 Å². The van der Waals surface area contributed by atoms with Crippen molar-refractivity contribution in [2.45, 2.75) is 20.8 Å². The Bertz CT molecular complexity index is 967. The third kappa shape index (κ3) is 3.45. The van der Waals surface area contributed by atoms with E-state index in [-0.39, 0.29) is 5.78 Å². The van der Waals surface area contributed by atoms with Crippen molar-refractivity contribution in [1.82, 2.24) is 19.7 Å². The van der Waals surface area contributed by atoms with Crippen molar-refractivity contribution in [3.05, 3.63) is 59.2 Å². The summed E-state index contributed by atoms with van der Waals surface area (Å²) in [6, 6.07) is 10.5. The molecule has 0 amide bonds. The van der Waals surface area contributed by atoms with E-state index in [0.717, 1.165) is 43.1 Å². The maximum absolute atomic E-state index is 13.0. The van der Waals surface area contributed by atoms with Gasteiger partial charge in [0.1, 0.15) is 12.9 Å². The lowest BCUT2D eigenvalue weighted by Crippen LogP contribution is -3.15. The fourth-order valence-electron chi connectivity index (χ4n) is 4.16. The number of nitrogens with one attached hydrogen (secondary N) is 2. The van der Waals surface area contributed by atoms with Gasteiger partial charge in [-0.25, -0.2) is 5.10 Å². The van der Waals surface area contributed by atoms with E-state index in [0.29, 0.717) is 12.5 Å². The molecule has 3 aromatic rings. The molecule has 0 aliphatic carbocycles. The topological polar surface area (TPSA) is 71.2 Å². The number of nitrogens with zero attached hydrogens (tertiary/aromatic N) is 4. The average molecular weight is 379 g/mol. The van der Waals surface area contributed by atoms with Crippen LogP contribution in [0.5, 0.6) is 0 Å². The molecular formula is C21H27N6O+. The van der Waals surface area contributed by atoms with E-state index in [1.54, 1.807) is 0 Å². The molecule has 1 aliphatic heterocycles. The Labute approximate surface area is 165 Å². The molecule has 0 atom stereocenters. The monoisotopic (exact) mass is 379 g/mol. The minimum atomic E-state index is 0.193. The number of carbonyl (C=O) groups excluding carboxylic acids is 1. The summed E-state index contributed by atoms with van der Waals surface area (Å²) in [5.41, 5.74) is 5.29. The summed E-state index contributed by atoms with van der Waals surface area (Å²) in [7, 11) is 0. The molecule has 0 radical (unpaired) electrons. The maximum atomic E-state index is 13.0. The van der Waals surface area contributed by atoms with Gasteiger partial charge in [0.25, 0.3) is 0 Å². The van der Waals surface area contributed by atoms with Crippen molar-refractivity contribution < 1.29 is 9.69 Å². The first-order valence-electron chi connectivity index (χ1n) is 9.76. The molecule has 3 heterocycles. The van der Waals surface area contributed by atoms with Crippen LogP contribution in [0.15, 0.2) is 36.7 Å². The predicted molar refractivity (Wildman–Crippen MR) is 108 cm³/mol. The Kier molecular flexibility index (Phi) is 5.00. The molecule has 7 nitrogen and oxygen atoms in total. The van der Waals surface area contributed by atoms with Gasteiger partial charge >= 0.3 is 0 Å². The molecule has 0 unspecified atom stereocenters. The summed E-state index contributed by atoms with van der Waals surface area (Å²) >= 11 is 0. The lowest BCUT2D eigenvalue weighted by atomic mass is 10.1. The standard InChI is InChI=1S/C21H26N6O/c1-15-6-4-5-7-19(15)26-10-8-25(9-11-26)13-20(28)18-12-16(2)27(17(18)3)21-22-14-23-24-21/h4-7,12,14H,8-11,13H2,1-3H3,(H,22,23,24)/p+1. The predicted octanol–water partition coefficient (Wildman–Crippen LogP) is 1.11. The van der Waals surface area contributed by atoms with Gasteiger partial charge in [0.2, 0.25) is 11.7 Å². The van der Waals surface area contributed by atoms with Crippen LogP contribution in [-0.4, -0.2) is 58.3 Å². The van der Waals surface area contributed by atoms with Crippen molar-refractivity contribution in [3.63, 3.8) is 0 Å². The number of hydrogen-bond acceptors (Lipinski definition) is 4. The summed E-state index contributed by atoms with van der Waals surface area (Å²) in [6.07, 6.45) is 1.48. The molecule has 0 spiro atoms. The van der Waals surface area contributed by atoms with Crippen LogP contribution in [0.2, 0.25) is 0 Å².